The maximum atomic E-state index is 11.1. The number of aliphatic hydroxyl groups excluding tert-OH is 1. The molecule has 2 unspecified atom stereocenters. The lowest BCUT2D eigenvalue weighted by Gasteiger charge is -2.19. The van der Waals surface area contributed by atoms with Gasteiger partial charge in [-0.1, -0.05) is 6.92 Å². The number of nitrogens with zero attached hydrogens (tertiary/aromatic N) is 1. The molecule has 84 valence electrons. The van der Waals surface area contributed by atoms with Crippen LogP contribution in [-0.4, -0.2) is 27.7 Å². The molecule has 5 heteroatoms. The quantitative estimate of drug-likeness (QED) is 0.678. The van der Waals surface area contributed by atoms with Crippen LogP contribution in [0.25, 0.3) is 0 Å². The van der Waals surface area contributed by atoms with Gasteiger partial charge in [-0.15, -0.1) is 0 Å². The standard InChI is InChI=1S/C10H17N3O2/c1-6(5-14)7(2)11-9-4-10(15)13-8(3)12-9/h4,6-7,14H,5H2,1-3H3,(H2,11,12,13,15). The van der Waals surface area contributed by atoms with Gasteiger partial charge in [0.1, 0.15) is 11.6 Å². The molecule has 0 aliphatic carbocycles. The number of H-pyrrole nitrogens is 1. The molecule has 0 saturated heterocycles. The normalized spacial score (nSPS) is 14.7. The molecule has 1 aromatic heterocycles. The average Bonchev–Trinajstić information content (AvgIpc) is 2.14. The summed E-state index contributed by atoms with van der Waals surface area (Å²) >= 11 is 0. The van der Waals surface area contributed by atoms with Gasteiger partial charge in [-0.25, -0.2) is 4.98 Å². The number of hydrogen-bond acceptors (Lipinski definition) is 4. The van der Waals surface area contributed by atoms with Crippen LogP contribution in [0.4, 0.5) is 5.82 Å². The number of aryl methyl sites for hydroxylation is 1. The van der Waals surface area contributed by atoms with Crippen molar-refractivity contribution in [2.75, 3.05) is 11.9 Å². The van der Waals surface area contributed by atoms with Crippen LogP contribution < -0.4 is 10.9 Å². The number of aliphatic hydroxyl groups is 1. The highest BCUT2D eigenvalue weighted by Crippen LogP contribution is 2.08. The second-order valence-electron chi connectivity index (χ2n) is 3.81. The zero-order chi connectivity index (χ0) is 11.4. The Kier molecular flexibility index (Phi) is 3.85. The third kappa shape index (κ3) is 3.36. The van der Waals surface area contributed by atoms with E-state index in [-0.39, 0.29) is 24.1 Å². The monoisotopic (exact) mass is 211 g/mol. The second-order valence-corrected chi connectivity index (χ2v) is 3.81. The minimum Gasteiger partial charge on any atom is -0.396 e. The van der Waals surface area contributed by atoms with Gasteiger partial charge in [-0.05, 0) is 19.8 Å². The molecule has 0 spiro atoms. The van der Waals surface area contributed by atoms with Gasteiger partial charge in [0.15, 0.2) is 0 Å². The van der Waals surface area contributed by atoms with Crippen molar-refractivity contribution in [2.45, 2.75) is 26.8 Å². The Bertz CT molecular complexity index is 375. The highest BCUT2D eigenvalue weighted by atomic mass is 16.3. The summed E-state index contributed by atoms with van der Waals surface area (Å²) in [6, 6.07) is 1.48. The summed E-state index contributed by atoms with van der Waals surface area (Å²) in [5.74, 6) is 1.24. The average molecular weight is 211 g/mol. The van der Waals surface area contributed by atoms with Gasteiger partial charge in [0, 0.05) is 18.7 Å². The molecule has 0 aliphatic heterocycles. The molecule has 1 heterocycles. The third-order valence-corrected chi connectivity index (χ3v) is 2.38. The Hall–Kier alpha value is -1.36. The van der Waals surface area contributed by atoms with Crippen LogP contribution in [0.3, 0.4) is 0 Å². The Morgan fingerprint density at radius 1 is 1.60 bits per heavy atom. The van der Waals surface area contributed by atoms with E-state index in [2.05, 4.69) is 15.3 Å². The van der Waals surface area contributed by atoms with E-state index >= 15 is 0 Å². The van der Waals surface area contributed by atoms with E-state index in [1.165, 1.54) is 6.07 Å². The summed E-state index contributed by atoms with van der Waals surface area (Å²) in [7, 11) is 0. The van der Waals surface area contributed by atoms with Crippen molar-refractivity contribution in [1.82, 2.24) is 9.97 Å². The van der Waals surface area contributed by atoms with Crippen molar-refractivity contribution in [3.63, 3.8) is 0 Å². The summed E-state index contributed by atoms with van der Waals surface area (Å²) in [4.78, 5) is 17.9. The summed E-state index contributed by atoms with van der Waals surface area (Å²) in [5.41, 5.74) is -0.172. The predicted octanol–water partition coefficient (Wildman–Crippen LogP) is 0.507. The van der Waals surface area contributed by atoms with Crippen LogP contribution in [0.15, 0.2) is 10.9 Å². The number of anilines is 1. The van der Waals surface area contributed by atoms with Crippen LogP contribution in [0.5, 0.6) is 0 Å². The molecular weight excluding hydrogens is 194 g/mol. The lowest BCUT2D eigenvalue weighted by atomic mass is 10.1. The van der Waals surface area contributed by atoms with Gasteiger partial charge >= 0.3 is 0 Å². The smallest absolute Gasteiger partial charge is 0.252 e. The fourth-order valence-corrected chi connectivity index (χ4v) is 1.19. The van der Waals surface area contributed by atoms with Crippen molar-refractivity contribution in [3.8, 4) is 0 Å². The number of hydrogen-bond donors (Lipinski definition) is 3. The number of aromatic amines is 1. The van der Waals surface area contributed by atoms with Crippen LogP contribution in [0.1, 0.15) is 19.7 Å². The molecule has 1 aromatic rings. The van der Waals surface area contributed by atoms with E-state index in [4.69, 9.17) is 5.11 Å². The van der Waals surface area contributed by atoms with E-state index in [0.717, 1.165) is 0 Å². The fraction of sp³-hybridized carbons (Fsp3) is 0.600. The molecule has 15 heavy (non-hydrogen) atoms. The van der Waals surface area contributed by atoms with Gasteiger partial charge < -0.3 is 15.4 Å². The molecule has 5 nitrogen and oxygen atoms in total. The molecule has 0 amide bonds. The van der Waals surface area contributed by atoms with E-state index < -0.39 is 0 Å². The molecule has 1 rings (SSSR count). The molecular formula is C10H17N3O2. The molecule has 0 fully saturated rings. The van der Waals surface area contributed by atoms with Crippen molar-refractivity contribution in [1.29, 1.82) is 0 Å². The first-order valence-corrected chi connectivity index (χ1v) is 4.98. The Morgan fingerprint density at radius 2 is 2.27 bits per heavy atom. The van der Waals surface area contributed by atoms with Crippen LogP contribution >= 0.6 is 0 Å². The predicted molar refractivity (Wildman–Crippen MR) is 58.9 cm³/mol. The van der Waals surface area contributed by atoms with Gasteiger partial charge in [-0.2, -0.15) is 0 Å². The highest BCUT2D eigenvalue weighted by Gasteiger charge is 2.11. The minimum atomic E-state index is -0.172. The first-order chi connectivity index (χ1) is 7.02. The zero-order valence-corrected chi connectivity index (χ0v) is 9.24. The van der Waals surface area contributed by atoms with E-state index in [1.807, 2.05) is 13.8 Å². The summed E-state index contributed by atoms with van der Waals surface area (Å²) in [6.07, 6.45) is 0. The Labute approximate surface area is 88.6 Å². The summed E-state index contributed by atoms with van der Waals surface area (Å²) in [6.45, 7) is 5.71. The van der Waals surface area contributed by atoms with E-state index in [0.29, 0.717) is 11.6 Å². The van der Waals surface area contributed by atoms with Gasteiger partial charge in [0.2, 0.25) is 0 Å². The molecule has 0 saturated carbocycles. The van der Waals surface area contributed by atoms with Crippen molar-refractivity contribution >= 4 is 5.82 Å². The molecule has 0 bridgehead atoms. The first kappa shape index (κ1) is 11.7. The maximum absolute atomic E-state index is 11.1. The van der Waals surface area contributed by atoms with Crippen LogP contribution in [0.2, 0.25) is 0 Å². The largest absolute Gasteiger partial charge is 0.396 e. The Morgan fingerprint density at radius 3 is 2.80 bits per heavy atom. The highest BCUT2D eigenvalue weighted by molar-refractivity contribution is 5.34. The molecule has 0 radical (unpaired) electrons. The number of aromatic nitrogens is 2. The topological polar surface area (TPSA) is 78.0 Å². The maximum Gasteiger partial charge on any atom is 0.252 e. The van der Waals surface area contributed by atoms with Gasteiger partial charge in [-0.3, -0.25) is 4.79 Å². The lowest BCUT2D eigenvalue weighted by Crippen LogP contribution is -2.27. The SMILES string of the molecule is Cc1nc(NC(C)C(C)CO)cc(=O)[nH]1. The van der Waals surface area contributed by atoms with E-state index in [9.17, 15) is 4.79 Å². The first-order valence-electron chi connectivity index (χ1n) is 4.98. The van der Waals surface area contributed by atoms with Crippen molar-refractivity contribution in [2.24, 2.45) is 5.92 Å². The summed E-state index contributed by atoms with van der Waals surface area (Å²) < 4.78 is 0. The van der Waals surface area contributed by atoms with E-state index in [1.54, 1.807) is 6.92 Å². The number of nitrogens with one attached hydrogen (secondary N) is 2. The lowest BCUT2D eigenvalue weighted by molar-refractivity contribution is 0.226. The Balaban J connectivity index is 2.76. The van der Waals surface area contributed by atoms with Crippen molar-refractivity contribution < 1.29 is 5.11 Å². The fourth-order valence-electron chi connectivity index (χ4n) is 1.19. The third-order valence-electron chi connectivity index (χ3n) is 2.38. The zero-order valence-electron chi connectivity index (χ0n) is 9.24. The molecule has 0 aromatic carbocycles. The number of rotatable bonds is 4. The molecule has 0 aliphatic rings. The van der Waals surface area contributed by atoms with Gasteiger partial charge in [0.05, 0.1) is 0 Å². The van der Waals surface area contributed by atoms with Crippen molar-refractivity contribution in [3.05, 3.63) is 22.2 Å². The van der Waals surface area contributed by atoms with Crippen LogP contribution in [-0.2, 0) is 0 Å². The summed E-state index contributed by atoms with van der Waals surface area (Å²) in [5, 5.41) is 12.0. The molecule has 2 atom stereocenters. The second kappa shape index (κ2) is 4.93. The van der Waals surface area contributed by atoms with Gasteiger partial charge in [0.25, 0.3) is 5.56 Å². The molecule has 3 N–H and O–H groups in total. The minimum absolute atomic E-state index is 0.0729. The van der Waals surface area contributed by atoms with Crippen LogP contribution in [0, 0.1) is 12.8 Å².